The van der Waals surface area contributed by atoms with Gasteiger partial charge in [0.2, 0.25) is 5.91 Å². The van der Waals surface area contributed by atoms with E-state index < -0.39 is 11.9 Å². The number of benzene rings is 1. The van der Waals surface area contributed by atoms with Crippen molar-refractivity contribution in [3.8, 4) is 16.9 Å². The van der Waals surface area contributed by atoms with Crippen molar-refractivity contribution in [2.24, 2.45) is 5.92 Å². The lowest BCUT2D eigenvalue weighted by molar-refractivity contribution is -0.136. The van der Waals surface area contributed by atoms with Crippen LogP contribution < -0.4 is 15.8 Å². The first-order valence-corrected chi connectivity index (χ1v) is 13.2. The Hall–Kier alpha value is -2.88. The zero-order chi connectivity index (χ0) is 26.1. The summed E-state index contributed by atoms with van der Waals surface area (Å²) in [6.45, 7) is 4.89. The average Bonchev–Trinajstić information content (AvgIpc) is 3.61. The van der Waals surface area contributed by atoms with Crippen molar-refractivity contribution in [3.63, 3.8) is 0 Å². The van der Waals surface area contributed by atoms with Crippen LogP contribution in [-0.2, 0) is 4.79 Å². The predicted octanol–water partition coefficient (Wildman–Crippen LogP) is 4.89. The Kier molecular flexibility index (Phi) is 7.55. The highest BCUT2D eigenvalue weighted by Crippen LogP contribution is 2.37. The van der Waals surface area contributed by atoms with Gasteiger partial charge in [-0.05, 0) is 50.9 Å². The Bertz CT molecular complexity index is 1290. The van der Waals surface area contributed by atoms with E-state index in [1.54, 1.807) is 25.4 Å². The summed E-state index contributed by atoms with van der Waals surface area (Å²) in [5.41, 5.74) is 8.06. The van der Waals surface area contributed by atoms with Gasteiger partial charge in [-0.2, -0.15) is 5.10 Å². The Morgan fingerprint density at radius 3 is 2.73 bits per heavy atom. The molecule has 2 unspecified atom stereocenters. The van der Waals surface area contributed by atoms with Crippen LogP contribution in [-0.4, -0.2) is 51.8 Å². The fraction of sp³-hybridized carbons (Fsp3) is 0.423. The number of amides is 1. The zero-order valence-electron chi connectivity index (χ0n) is 20.5. The molecule has 4 heterocycles. The molecule has 8 nitrogen and oxygen atoms in total. The first kappa shape index (κ1) is 25.8. The Balaban J connectivity index is 1.27. The summed E-state index contributed by atoms with van der Waals surface area (Å²) in [5.74, 6) is 0.330. The van der Waals surface area contributed by atoms with Crippen LogP contribution in [0.5, 0.6) is 5.75 Å². The summed E-state index contributed by atoms with van der Waals surface area (Å²) >= 11 is 12.4. The lowest BCUT2D eigenvalue weighted by atomic mass is 10.0. The lowest BCUT2D eigenvalue weighted by Gasteiger charge is -2.33. The number of nitrogen functional groups attached to an aromatic ring is 1. The maximum absolute atomic E-state index is 14.0. The van der Waals surface area contributed by atoms with E-state index in [-0.39, 0.29) is 28.7 Å². The highest BCUT2D eigenvalue weighted by molar-refractivity contribution is 6.36. The van der Waals surface area contributed by atoms with Crippen molar-refractivity contribution in [2.75, 3.05) is 31.9 Å². The van der Waals surface area contributed by atoms with E-state index in [4.69, 9.17) is 33.7 Å². The molecular formula is C26H29Cl2FN6O2. The average molecular weight is 547 g/mol. The third-order valence-corrected chi connectivity index (χ3v) is 7.88. The van der Waals surface area contributed by atoms with Crippen molar-refractivity contribution < 1.29 is 13.9 Å². The van der Waals surface area contributed by atoms with E-state index >= 15 is 0 Å². The number of ether oxygens (including phenoxy) is 1. The highest BCUT2D eigenvalue weighted by atomic mass is 35.5. The number of carbonyl (C=O) groups is 1. The molecule has 3 aromatic rings. The second kappa shape index (κ2) is 10.8. The molecule has 2 aromatic heterocycles. The Morgan fingerprint density at radius 1 is 1.22 bits per heavy atom. The number of nitrogens with two attached hydrogens (primary N) is 1. The number of pyridine rings is 1. The molecule has 5 rings (SSSR count). The molecule has 0 spiro atoms. The highest BCUT2D eigenvalue weighted by Gasteiger charge is 2.30. The quantitative estimate of drug-likeness (QED) is 0.427. The molecule has 3 N–H and O–H groups in total. The van der Waals surface area contributed by atoms with Gasteiger partial charge in [-0.1, -0.05) is 23.2 Å². The minimum absolute atomic E-state index is 0.0865. The summed E-state index contributed by atoms with van der Waals surface area (Å²) in [5, 5.41) is 8.07. The molecule has 0 saturated carbocycles. The smallest absolute Gasteiger partial charge is 0.227 e. The normalized spacial score (nSPS) is 19.2. The van der Waals surface area contributed by atoms with Crippen molar-refractivity contribution >= 4 is 34.9 Å². The predicted molar refractivity (Wildman–Crippen MR) is 141 cm³/mol. The number of anilines is 1. The number of piperidine rings is 1. The summed E-state index contributed by atoms with van der Waals surface area (Å²) in [7, 11) is 0. The van der Waals surface area contributed by atoms with Crippen LogP contribution in [0, 0.1) is 11.7 Å². The maximum Gasteiger partial charge on any atom is 0.227 e. The standard InChI is InChI=1S/C26H29Cl2FN6O2/c1-15(23-20(27)2-3-21(29)24(23)28)37-22-10-17(12-32-25(22)30)18-13-33-35(14-18)19-5-8-34(9-6-19)26(36)16-4-7-31-11-16/h2-3,10,12-16,19,31H,4-9,11H2,1H3,(H2,30,32). The molecule has 196 valence electrons. The molecule has 11 heteroatoms. The number of nitrogens with zero attached hydrogens (tertiary/aromatic N) is 4. The molecule has 1 aromatic carbocycles. The summed E-state index contributed by atoms with van der Waals surface area (Å²) < 4.78 is 22.0. The molecule has 2 aliphatic rings. The molecule has 37 heavy (non-hydrogen) atoms. The number of likely N-dealkylation sites (tertiary alicyclic amines) is 1. The second-order valence-electron chi connectivity index (χ2n) is 9.58. The van der Waals surface area contributed by atoms with E-state index in [0.717, 1.165) is 56.6 Å². The van der Waals surface area contributed by atoms with Crippen LogP contribution in [0.3, 0.4) is 0 Å². The molecule has 2 saturated heterocycles. The van der Waals surface area contributed by atoms with E-state index in [9.17, 15) is 9.18 Å². The summed E-state index contributed by atoms with van der Waals surface area (Å²) in [6, 6.07) is 4.65. The van der Waals surface area contributed by atoms with Gasteiger partial charge in [-0.25, -0.2) is 9.37 Å². The molecule has 0 bridgehead atoms. The number of nitrogens with one attached hydrogen (secondary N) is 1. The molecule has 2 atom stereocenters. The van der Waals surface area contributed by atoms with Crippen LogP contribution in [0.25, 0.3) is 11.1 Å². The van der Waals surface area contributed by atoms with Gasteiger partial charge in [-0.3, -0.25) is 9.48 Å². The van der Waals surface area contributed by atoms with Gasteiger partial charge in [0, 0.05) is 53.7 Å². The number of hydrogen-bond acceptors (Lipinski definition) is 6. The van der Waals surface area contributed by atoms with Crippen LogP contribution in [0.4, 0.5) is 10.2 Å². The molecule has 0 radical (unpaired) electrons. The Labute approximate surface area is 224 Å². The Morgan fingerprint density at radius 2 is 2.00 bits per heavy atom. The van der Waals surface area contributed by atoms with E-state index in [2.05, 4.69) is 15.4 Å². The maximum atomic E-state index is 14.0. The SMILES string of the molecule is CC(Oc1cc(-c2cnn(C3CCN(C(=O)C4CCNC4)CC3)c2)cnc1N)c1c(Cl)ccc(F)c1Cl. The van der Waals surface area contributed by atoms with Gasteiger partial charge in [0.05, 0.1) is 23.2 Å². The lowest BCUT2D eigenvalue weighted by Crippen LogP contribution is -2.42. The first-order chi connectivity index (χ1) is 17.8. The van der Waals surface area contributed by atoms with Gasteiger partial charge in [-0.15, -0.1) is 0 Å². The van der Waals surface area contributed by atoms with E-state index in [1.165, 1.54) is 12.1 Å². The zero-order valence-corrected chi connectivity index (χ0v) is 22.0. The molecule has 2 fully saturated rings. The van der Waals surface area contributed by atoms with Crippen molar-refractivity contribution in [3.05, 3.63) is 58.2 Å². The van der Waals surface area contributed by atoms with Gasteiger partial charge >= 0.3 is 0 Å². The third-order valence-electron chi connectivity index (χ3n) is 7.17. The second-order valence-corrected chi connectivity index (χ2v) is 10.4. The third kappa shape index (κ3) is 5.39. The van der Waals surface area contributed by atoms with Gasteiger partial charge in [0.25, 0.3) is 0 Å². The van der Waals surface area contributed by atoms with Crippen molar-refractivity contribution in [1.82, 2.24) is 25.0 Å². The minimum Gasteiger partial charge on any atom is -0.482 e. The fourth-order valence-electron chi connectivity index (χ4n) is 5.03. The molecule has 1 amide bonds. The number of rotatable bonds is 6. The van der Waals surface area contributed by atoms with Crippen LogP contribution in [0.1, 0.15) is 43.9 Å². The minimum atomic E-state index is -0.661. The van der Waals surface area contributed by atoms with Gasteiger partial charge in [0.15, 0.2) is 11.6 Å². The van der Waals surface area contributed by atoms with Crippen molar-refractivity contribution in [1.29, 1.82) is 0 Å². The molecule has 2 aliphatic heterocycles. The number of carbonyl (C=O) groups excluding carboxylic acids is 1. The van der Waals surface area contributed by atoms with Crippen LogP contribution >= 0.6 is 23.2 Å². The molecular weight excluding hydrogens is 518 g/mol. The van der Waals surface area contributed by atoms with Gasteiger partial charge in [0.1, 0.15) is 11.9 Å². The topological polar surface area (TPSA) is 98.3 Å². The van der Waals surface area contributed by atoms with E-state index in [0.29, 0.717) is 16.3 Å². The summed E-state index contributed by atoms with van der Waals surface area (Å²) in [4.78, 5) is 19.0. The largest absolute Gasteiger partial charge is 0.482 e. The van der Waals surface area contributed by atoms with Crippen LogP contribution in [0.15, 0.2) is 36.8 Å². The number of halogens is 3. The van der Waals surface area contributed by atoms with Gasteiger partial charge < -0.3 is 20.7 Å². The number of aromatic nitrogens is 3. The first-order valence-electron chi connectivity index (χ1n) is 12.4. The fourth-order valence-corrected chi connectivity index (χ4v) is 5.71. The monoisotopic (exact) mass is 546 g/mol. The summed E-state index contributed by atoms with van der Waals surface area (Å²) in [6.07, 6.45) is 7.39. The van der Waals surface area contributed by atoms with Crippen molar-refractivity contribution in [2.45, 2.75) is 38.3 Å². The van der Waals surface area contributed by atoms with E-state index in [1.807, 2.05) is 15.8 Å². The van der Waals surface area contributed by atoms with Crippen LogP contribution in [0.2, 0.25) is 10.0 Å². The molecule has 0 aliphatic carbocycles. The number of hydrogen-bond donors (Lipinski definition) is 2.